The number of rotatable bonds is 5. The van der Waals surface area contributed by atoms with Gasteiger partial charge in [-0.3, -0.25) is 0 Å². The van der Waals surface area contributed by atoms with E-state index in [2.05, 4.69) is 89.7 Å². The summed E-state index contributed by atoms with van der Waals surface area (Å²) in [6.07, 6.45) is 2.07. The van der Waals surface area contributed by atoms with Crippen LogP contribution in [0.4, 0.5) is 0 Å². The summed E-state index contributed by atoms with van der Waals surface area (Å²) in [5.41, 5.74) is 7.95. The van der Waals surface area contributed by atoms with Crippen LogP contribution in [0.5, 0.6) is 0 Å². The fraction of sp³-hybridized carbons (Fsp3) is 0.122. The van der Waals surface area contributed by atoms with Gasteiger partial charge in [-0.05, 0) is 59.2 Å². The largest absolute Gasteiger partial charge is 0.305 e. The molecule has 0 fully saturated rings. The van der Waals surface area contributed by atoms with E-state index in [0.717, 1.165) is 22.5 Å². The van der Waals surface area contributed by atoms with E-state index in [1.807, 2.05) is 68.4 Å². The van der Waals surface area contributed by atoms with Gasteiger partial charge >= 0.3 is 0 Å². The summed E-state index contributed by atoms with van der Waals surface area (Å²) in [6.45, 7) is 5.99. The van der Waals surface area contributed by atoms with Crippen LogP contribution in [0.3, 0.4) is 0 Å². The van der Waals surface area contributed by atoms with Gasteiger partial charge < -0.3 is 9.97 Å². The third kappa shape index (κ3) is 6.86. The Bertz CT molecular complexity index is 2020. The molecule has 0 amide bonds. The van der Waals surface area contributed by atoms with E-state index >= 15 is 0 Å². The number of pyridine rings is 2. The van der Waals surface area contributed by atoms with E-state index in [9.17, 15) is 0 Å². The Morgan fingerprint density at radius 1 is 0.659 bits per heavy atom. The van der Waals surface area contributed by atoms with Gasteiger partial charge in [0.2, 0.25) is 0 Å². The zero-order chi connectivity index (χ0) is 31.4. The first kappa shape index (κ1) is 28.3. The van der Waals surface area contributed by atoms with Gasteiger partial charge in [-0.25, -0.2) is 0 Å². The molecule has 5 aromatic carbocycles. The van der Waals surface area contributed by atoms with Crippen molar-refractivity contribution in [1.29, 1.82) is 0 Å². The van der Waals surface area contributed by atoms with Gasteiger partial charge in [0.15, 0.2) is 0 Å². The van der Waals surface area contributed by atoms with E-state index in [1.54, 1.807) is 18.5 Å². The fourth-order valence-electron chi connectivity index (χ4n) is 5.50. The Morgan fingerprint density at radius 3 is 2.11 bits per heavy atom. The van der Waals surface area contributed by atoms with Gasteiger partial charge in [-0.2, -0.15) is 0 Å². The Kier molecular flexibility index (Phi) is 9.25. The van der Waals surface area contributed by atoms with Crippen LogP contribution in [0, 0.1) is 25.0 Å². The molecule has 0 unspecified atom stereocenters. The molecule has 0 saturated carbocycles. The molecule has 7 aromatic rings. The maximum atomic E-state index is 8.49. The summed E-state index contributed by atoms with van der Waals surface area (Å²) in [5, 5.41) is 4.78. The SMILES string of the molecule is [2H]C([2H])(c1ccnc(-c2[c-]cc3c(c2)c(C)c(-c2ccccc2)c2ccccc23)c1)C(C)C.[Ir].[c-]1ccccc1-c1ccccn1. The normalized spacial score (nSPS) is 11.7. The minimum Gasteiger partial charge on any atom is -0.305 e. The quantitative estimate of drug-likeness (QED) is 0.129. The van der Waals surface area contributed by atoms with Crippen molar-refractivity contribution in [1.82, 2.24) is 9.97 Å². The number of hydrogen-bond donors (Lipinski definition) is 0. The van der Waals surface area contributed by atoms with Gasteiger partial charge in [-0.15, -0.1) is 59.7 Å². The van der Waals surface area contributed by atoms with Crippen molar-refractivity contribution in [2.45, 2.75) is 27.1 Å². The van der Waals surface area contributed by atoms with Crippen LogP contribution in [-0.4, -0.2) is 9.97 Å². The third-order valence-electron chi connectivity index (χ3n) is 7.42. The first-order valence-electron chi connectivity index (χ1n) is 15.6. The Morgan fingerprint density at radius 2 is 1.39 bits per heavy atom. The summed E-state index contributed by atoms with van der Waals surface area (Å²) >= 11 is 0. The van der Waals surface area contributed by atoms with Crippen LogP contribution in [0.15, 0.2) is 134 Å². The van der Waals surface area contributed by atoms with Gasteiger partial charge in [0.1, 0.15) is 0 Å². The average Bonchev–Trinajstić information content (AvgIpc) is 3.10. The first-order valence-corrected chi connectivity index (χ1v) is 14.6. The van der Waals surface area contributed by atoms with Crippen LogP contribution < -0.4 is 0 Å². The molecule has 0 N–H and O–H groups in total. The van der Waals surface area contributed by atoms with E-state index in [1.165, 1.54) is 38.2 Å². The number of fused-ring (bicyclic) bond motifs is 3. The van der Waals surface area contributed by atoms with Crippen molar-refractivity contribution in [3.05, 3.63) is 157 Å². The molecule has 0 aliphatic rings. The molecular formula is C41H34IrN2-2. The summed E-state index contributed by atoms with van der Waals surface area (Å²) < 4.78 is 17.0. The zero-order valence-corrected chi connectivity index (χ0v) is 27.4. The first-order chi connectivity index (χ1) is 21.8. The fourth-order valence-corrected chi connectivity index (χ4v) is 5.50. The van der Waals surface area contributed by atoms with Crippen LogP contribution in [0.25, 0.3) is 55.2 Å². The summed E-state index contributed by atoms with van der Waals surface area (Å²) in [4.78, 5) is 8.78. The van der Waals surface area contributed by atoms with Gasteiger partial charge in [-0.1, -0.05) is 114 Å². The summed E-state index contributed by atoms with van der Waals surface area (Å²) in [5.74, 6) is -0.129. The summed E-state index contributed by atoms with van der Waals surface area (Å²) in [6, 6.07) is 47.2. The van der Waals surface area contributed by atoms with Crippen molar-refractivity contribution >= 4 is 21.5 Å². The van der Waals surface area contributed by atoms with Crippen molar-refractivity contribution < 1.29 is 22.8 Å². The van der Waals surface area contributed by atoms with Crippen LogP contribution in [0.2, 0.25) is 0 Å². The third-order valence-corrected chi connectivity index (χ3v) is 7.42. The van der Waals surface area contributed by atoms with Gasteiger partial charge in [0.05, 0.1) is 0 Å². The number of nitrogens with zero attached hydrogens (tertiary/aromatic N) is 2. The average molecular weight is 749 g/mol. The Hall–Kier alpha value is -4.43. The van der Waals surface area contributed by atoms with Crippen molar-refractivity contribution in [2.75, 3.05) is 0 Å². The molecule has 1 radical (unpaired) electrons. The topological polar surface area (TPSA) is 25.8 Å². The van der Waals surface area contributed by atoms with Gasteiger partial charge in [0.25, 0.3) is 0 Å². The molecule has 219 valence electrons. The molecule has 7 rings (SSSR count). The second-order valence-corrected chi connectivity index (χ2v) is 10.8. The maximum Gasteiger partial charge on any atom is 0.0318 e. The van der Waals surface area contributed by atoms with Crippen molar-refractivity contribution in [3.8, 4) is 33.6 Å². The number of aromatic nitrogens is 2. The van der Waals surface area contributed by atoms with Gasteiger partial charge in [0, 0.05) is 35.2 Å². The molecule has 2 aromatic heterocycles. The van der Waals surface area contributed by atoms with Crippen LogP contribution in [0.1, 0.15) is 27.7 Å². The predicted octanol–water partition coefficient (Wildman–Crippen LogP) is 10.6. The smallest absolute Gasteiger partial charge is 0.0318 e. The molecule has 2 heterocycles. The maximum absolute atomic E-state index is 8.49. The molecule has 0 aliphatic heterocycles. The van der Waals surface area contributed by atoms with E-state index < -0.39 is 6.37 Å². The van der Waals surface area contributed by atoms with E-state index in [0.29, 0.717) is 5.56 Å². The minimum absolute atomic E-state index is 0. The van der Waals surface area contributed by atoms with Crippen LogP contribution >= 0.6 is 0 Å². The molecule has 2 nitrogen and oxygen atoms in total. The second-order valence-electron chi connectivity index (χ2n) is 10.8. The predicted molar refractivity (Wildman–Crippen MR) is 181 cm³/mol. The standard InChI is InChI=1S/C30H26N.C11H8N.Ir/c1-20(2)17-22-15-16-31-29(18-22)24-13-14-26-25-11-7-8-12-27(25)30(21(3)28(26)19-24)23-9-5-4-6-10-23;1-2-6-10(7-3-1)11-8-4-5-9-12-11;/h4-12,14-16,18-20H,17H2,1-3H3;1-6,8-9H;/q2*-1;/i17D2;;. The molecule has 0 atom stereocenters. The second kappa shape index (κ2) is 14.4. The Labute approximate surface area is 277 Å². The number of benzene rings is 5. The molecule has 0 spiro atoms. The van der Waals surface area contributed by atoms with E-state index in [-0.39, 0.29) is 26.0 Å². The number of hydrogen-bond acceptors (Lipinski definition) is 2. The van der Waals surface area contributed by atoms with Crippen molar-refractivity contribution in [2.24, 2.45) is 5.92 Å². The Balaban J connectivity index is 0.000000269. The molecule has 0 bridgehead atoms. The molecule has 44 heavy (non-hydrogen) atoms. The monoisotopic (exact) mass is 749 g/mol. The molecule has 0 aliphatic carbocycles. The van der Waals surface area contributed by atoms with E-state index in [4.69, 9.17) is 2.74 Å². The van der Waals surface area contributed by atoms with Crippen molar-refractivity contribution in [3.63, 3.8) is 0 Å². The summed E-state index contributed by atoms with van der Waals surface area (Å²) in [7, 11) is 0. The molecular weight excluding hydrogens is 713 g/mol. The molecule has 0 saturated heterocycles. The van der Waals surface area contributed by atoms with Crippen LogP contribution in [-0.2, 0) is 26.5 Å². The minimum atomic E-state index is -1.42. The number of aryl methyl sites for hydroxylation is 1. The zero-order valence-electron chi connectivity index (χ0n) is 27.0. The molecule has 3 heteroatoms.